The third-order valence-electron chi connectivity index (χ3n) is 4.81. The predicted octanol–water partition coefficient (Wildman–Crippen LogP) is 1.67. The molecule has 2 saturated heterocycles. The lowest BCUT2D eigenvalue weighted by Crippen LogP contribution is -2.41. The van der Waals surface area contributed by atoms with E-state index in [0.717, 1.165) is 37.3 Å². The zero-order valence-corrected chi connectivity index (χ0v) is 13.3. The van der Waals surface area contributed by atoms with Crippen LogP contribution in [0.15, 0.2) is 12.4 Å². The summed E-state index contributed by atoms with van der Waals surface area (Å²) in [6.07, 6.45) is 5.60. The number of hydrogen-bond acceptors (Lipinski definition) is 5. The summed E-state index contributed by atoms with van der Waals surface area (Å²) in [5, 5.41) is 0. The van der Waals surface area contributed by atoms with Crippen molar-refractivity contribution in [1.82, 2.24) is 9.97 Å². The molecule has 0 aromatic carbocycles. The molecule has 0 saturated carbocycles. The summed E-state index contributed by atoms with van der Waals surface area (Å²) in [6, 6.07) is 0. The Bertz CT molecular complexity index is 499. The molecule has 0 bridgehead atoms. The molecule has 21 heavy (non-hydrogen) atoms. The van der Waals surface area contributed by atoms with Crippen molar-refractivity contribution in [2.24, 2.45) is 0 Å². The molecule has 114 valence electrons. The van der Waals surface area contributed by atoms with Crippen LogP contribution in [-0.2, 0) is 14.0 Å². The van der Waals surface area contributed by atoms with Crippen LogP contribution in [0.1, 0.15) is 52.1 Å². The summed E-state index contributed by atoms with van der Waals surface area (Å²) in [4.78, 5) is 9.08. The van der Waals surface area contributed by atoms with Gasteiger partial charge in [-0.2, -0.15) is 0 Å². The Hall–Kier alpha value is -0.975. The monoisotopic (exact) mass is 290 g/mol. The molecule has 0 aliphatic carbocycles. The molecule has 3 heterocycles. The summed E-state index contributed by atoms with van der Waals surface area (Å²) in [5.74, 6) is 0.425. The first-order valence-electron chi connectivity index (χ1n) is 7.64. The summed E-state index contributed by atoms with van der Waals surface area (Å²) >= 11 is 0. The molecule has 0 N–H and O–H groups in total. The Morgan fingerprint density at radius 2 is 1.67 bits per heavy atom. The number of rotatable bonds is 2. The van der Waals surface area contributed by atoms with Gasteiger partial charge < -0.3 is 14.0 Å². The van der Waals surface area contributed by atoms with Gasteiger partial charge >= 0.3 is 7.12 Å². The summed E-state index contributed by atoms with van der Waals surface area (Å²) in [6.45, 7) is 9.77. The number of aromatic nitrogens is 2. The van der Waals surface area contributed by atoms with Gasteiger partial charge in [0.05, 0.1) is 22.5 Å². The molecule has 1 aromatic heterocycles. The van der Waals surface area contributed by atoms with Crippen LogP contribution in [-0.4, -0.2) is 41.5 Å². The fraction of sp³-hybridized carbons (Fsp3) is 0.733. The second-order valence-electron chi connectivity index (χ2n) is 6.84. The van der Waals surface area contributed by atoms with E-state index in [1.54, 1.807) is 6.20 Å². The molecule has 2 aliphatic heterocycles. The molecular weight excluding hydrogens is 267 g/mol. The minimum absolute atomic E-state index is 0.353. The summed E-state index contributed by atoms with van der Waals surface area (Å²) in [7, 11) is -0.442. The topological polar surface area (TPSA) is 53.5 Å². The van der Waals surface area contributed by atoms with Crippen LogP contribution in [0.25, 0.3) is 0 Å². The quantitative estimate of drug-likeness (QED) is 0.776. The fourth-order valence-corrected chi connectivity index (χ4v) is 2.66. The van der Waals surface area contributed by atoms with Crippen LogP contribution in [0.2, 0.25) is 0 Å². The van der Waals surface area contributed by atoms with Crippen molar-refractivity contribution < 1.29 is 14.0 Å². The highest BCUT2D eigenvalue weighted by Crippen LogP contribution is 2.36. The second-order valence-corrected chi connectivity index (χ2v) is 6.84. The van der Waals surface area contributed by atoms with Crippen LogP contribution in [0.5, 0.6) is 0 Å². The molecule has 0 atom stereocenters. The minimum atomic E-state index is -0.442. The standard InChI is InChI=1S/C15H23BN2O3/c1-14(2)15(3,4)21-16(20-14)13-10-17-9-12(18-13)11-5-7-19-8-6-11/h9-11H,5-8H2,1-4H3. The van der Waals surface area contributed by atoms with Crippen molar-refractivity contribution in [2.45, 2.75) is 57.7 Å². The normalized spacial score (nSPS) is 25.2. The maximum atomic E-state index is 6.04. The van der Waals surface area contributed by atoms with E-state index in [0.29, 0.717) is 5.92 Å². The first-order valence-corrected chi connectivity index (χ1v) is 7.64. The first-order chi connectivity index (χ1) is 9.89. The van der Waals surface area contributed by atoms with E-state index in [1.807, 2.05) is 33.9 Å². The smallest absolute Gasteiger partial charge is 0.398 e. The van der Waals surface area contributed by atoms with Crippen LogP contribution in [0.3, 0.4) is 0 Å². The van der Waals surface area contributed by atoms with Crippen molar-refractivity contribution in [3.63, 3.8) is 0 Å². The van der Waals surface area contributed by atoms with Gasteiger partial charge in [-0.1, -0.05) is 0 Å². The van der Waals surface area contributed by atoms with Crippen molar-refractivity contribution in [1.29, 1.82) is 0 Å². The molecule has 2 aliphatic rings. The third kappa shape index (κ3) is 2.85. The Morgan fingerprint density at radius 1 is 1.05 bits per heavy atom. The predicted molar refractivity (Wildman–Crippen MR) is 80.5 cm³/mol. The number of hydrogen-bond donors (Lipinski definition) is 0. The average Bonchev–Trinajstić information content (AvgIpc) is 2.69. The molecule has 0 unspecified atom stereocenters. The van der Waals surface area contributed by atoms with Gasteiger partial charge in [0.25, 0.3) is 0 Å². The third-order valence-corrected chi connectivity index (χ3v) is 4.81. The largest absolute Gasteiger partial charge is 0.516 e. The molecule has 5 nitrogen and oxygen atoms in total. The molecule has 0 spiro atoms. The SMILES string of the molecule is CC1(C)OB(c2cncc(C3CCOCC3)n2)OC1(C)C. The summed E-state index contributed by atoms with van der Waals surface area (Å²) < 4.78 is 17.5. The van der Waals surface area contributed by atoms with Crippen molar-refractivity contribution in [3.05, 3.63) is 18.1 Å². The van der Waals surface area contributed by atoms with Gasteiger partial charge in [-0.3, -0.25) is 9.97 Å². The molecule has 6 heteroatoms. The highest BCUT2D eigenvalue weighted by molar-refractivity contribution is 6.61. The Kier molecular flexibility index (Phi) is 3.80. The van der Waals surface area contributed by atoms with Gasteiger partial charge in [0.1, 0.15) is 0 Å². The van der Waals surface area contributed by atoms with Crippen molar-refractivity contribution in [2.75, 3.05) is 13.2 Å². The minimum Gasteiger partial charge on any atom is -0.398 e. The number of ether oxygens (including phenoxy) is 1. The van der Waals surface area contributed by atoms with Gasteiger partial charge in [-0.25, -0.2) is 0 Å². The maximum absolute atomic E-state index is 6.04. The first kappa shape index (κ1) is 14.9. The Morgan fingerprint density at radius 3 is 2.29 bits per heavy atom. The molecule has 1 aromatic rings. The molecule has 0 radical (unpaired) electrons. The van der Waals surface area contributed by atoms with E-state index < -0.39 is 7.12 Å². The zero-order chi connectivity index (χ0) is 15.1. The highest BCUT2D eigenvalue weighted by atomic mass is 16.7. The van der Waals surface area contributed by atoms with Crippen LogP contribution >= 0.6 is 0 Å². The van der Waals surface area contributed by atoms with E-state index in [1.165, 1.54) is 0 Å². The van der Waals surface area contributed by atoms with Gasteiger partial charge in [-0.15, -0.1) is 0 Å². The maximum Gasteiger partial charge on any atom is 0.516 e. The van der Waals surface area contributed by atoms with E-state index in [2.05, 4.69) is 4.98 Å². The highest BCUT2D eigenvalue weighted by Gasteiger charge is 2.52. The Labute approximate surface area is 126 Å². The van der Waals surface area contributed by atoms with Gasteiger partial charge in [0.15, 0.2) is 0 Å². The summed E-state index contributed by atoms with van der Waals surface area (Å²) in [5.41, 5.74) is 1.07. The second kappa shape index (κ2) is 5.34. The van der Waals surface area contributed by atoms with Crippen molar-refractivity contribution in [3.8, 4) is 0 Å². The number of nitrogens with zero attached hydrogens (tertiary/aromatic N) is 2. The van der Waals surface area contributed by atoms with E-state index in [-0.39, 0.29) is 11.2 Å². The van der Waals surface area contributed by atoms with E-state index in [9.17, 15) is 0 Å². The van der Waals surface area contributed by atoms with Gasteiger partial charge in [0.2, 0.25) is 0 Å². The lowest BCUT2D eigenvalue weighted by atomic mass is 9.84. The lowest BCUT2D eigenvalue weighted by molar-refractivity contribution is 0.00578. The molecule has 0 amide bonds. The molecule has 2 fully saturated rings. The van der Waals surface area contributed by atoms with Crippen LogP contribution in [0.4, 0.5) is 0 Å². The zero-order valence-electron chi connectivity index (χ0n) is 13.3. The average molecular weight is 290 g/mol. The lowest BCUT2D eigenvalue weighted by Gasteiger charge is -2.32. The molecular formula is C15H23BN2O3. The molecule has 3 rings (SSSR count). The van der Waals surface area contributed by atoms with E-state index >= 15 is 0 Å². The Balaban J connectivity index is 1.81. The van der Waals surface area contributed by atoms with Crippen molar-refractivity contribution >= 4 is 12.7 Å². The van der Waals surface area contributed by atoms with Crippen LogP contribution < -0.4 is 5.59 Å². The van der Waals surface area contributed by atoms with Gasteiger partial charge in [0, 0.05) is 31.5 Å². The fourth-order valence-electron chi connectivity index (χ4n) is 2.66. The van der Waals surface area contributed by atoms with E-state index in [4.69, 9.17) is 19.0 Å². The van der Waals surface area contributed by atoms with Crippen LogP contribution in [0, 0.1) is 0 Å². The van der Waals surface area contributed by atoms with Gasteiger partial charge in [-0.05, 0) is 40.5 Å².